The number of nitrogens with two attached hydrogens (primary N) is 1. The molecule has 3 atom stereocenters. The van der Waals surface area contributed by atoms with Gasteiger partial charge >= 0.3 is 0 Å². The van der Waals surface area contributed by atoms with Gasteiger partial charge in [-0.3, -0.25) is 4.79 Å². The van der Waals surface area contributed by atoms with Crippen LogP contribution in [-0.4, -0.2) is 11.9 Å². The Bertz CT molecular complexity index is 350. The molecule has 1 aliphatic rings. The summed E-state index contributed by atoms with van der Waals surface area (Å²) in [5.41, 5.74) is 5.92. The maximum absolute atomic E-state index is 12.0. The highest BCUT2D eigenvalue weighted by atomic mass is 32.1. The SMILES string of the molecule is C[C@@H](NC(=O)C1CCCC1N)c1cccs1. The second-order valence-electron chi connectivity index (χ2n) is 4.45. The van der Waals surface area contributed by atoms with Crippen molar-refractivity contribution in [3.05, 3.63) is 22.4 Å². The van der Waals surface area contributed by atoms with Gasteiger partial charge in [0, 0.05) is 10.9 Å². The number of thiophene rings is 1. The van der Waals surface area contributed by atoms with Crippen molar-refractivity contribution in [2.24, 2.45) is 11.7 Å². The highest BCUT2D eigenvalue weighted by Crippen LogP contribution is 2.25. The number of carbonyl (C=O) groups is 1. The lowest BCUT2D eigenvalue weighted by Crippen LogP contribution is -2.39. The molecule has 1 amide bonds. The molecule has 1 saturated carbocycles. The minimum Gasteiger partial charge on any atom is -0.348 e. The largest absolute Gasteiger partial charge is 0.348 e. The van der Waals surface area contributed by atoms with Gasteiger partial charge in [-0.25, -0.2) is 0 Å². The molecule has 16 heavy (non-hydrogen) atoms. The van der Waals surface area contributed by atoms with Gasteiger partial charge in [0.2, 0.25) is 5.91 Å². The summed E-state index contributed by atoms with van der Waals surface area (Å²) in [5, 5.41) is 5.07. The fraction of sp³-hybridized carbons (Fsp3) is 0.583. The van der Waals surface area contributed by atoms with Crippen molar-refractivity contribution < 1.29 is 4.79 Å². The third-order valence-corrected chi connectivity index (χ3v) is 4.29. The van der Waals surface area contributed by atoms with E-state index < -0.39 is 0 Å². The summed E-state index contributed by atoms with van der Waals surface area (Å²) < 4.78 is 0. The fourth-order valence-corrected chi connectivity index (χ4v) is 2.98. The van der Waals surface area contributed by atoms with E-state index in [9.17, 15) is 4.79 Å². The molecule has 0 radical (unpaired) electrons. The first-order valence-electron chi connectivity index (χ1n) is 5.78. The van der Waals surface area contributed by atoms with Crippen LogP contribution < -0.4 is 11.1 Å². The number of hydrogen-bond acceptors (Lipinski definition) is 3. The molecule has 2 rings (SSSR count). The Balaban J connectivity index is 1.92. The van der Waals surface area contributed by atoms with Crippen LogP contribution in [0, 0.1) is 5.92 Å². The van der Waals surface area contributed by atoms with E-state index in [4.69, 9.17) is 5.73 Å². The van der Waals surface area contributed by atoms with Gasteiger partial charge in [0.15, 0.2) is 0 Å². The van der Waals surface area contributed by atoms with Crippen molar-refractivity contribution in [3.8, 4) is 0 Å². The monoisotopic (exact) mass is 238 g/mol. The van der Waals surface area contributed by atoms with Gasteiger partial charge < -0.3 is 11.1 Å². The highest BCUT2D eigenvalue weighted by Gasteiger charge is 2.30. The third kappa shape index (κ3) is 2.44. The van der Waals surface area contributed by atoms with E-state index in [0.717, 1.165) is 19.3 Å². The third-order valence-electron chi connectivity index (χ3n) is 3.23. The Kier molecular flexibility index (Phi) is 3.61. The van der Waals surface area contributed by atoms with Crippen molar-refractivity contribution in [1.82, 2.24) is 5.32 Å². The van der Waals surface area contributed by atoms with E-state index in [0.29, 0.717) is 0 Å². The standard InChI is InChI=1S/C12H18N2OS/c1-8(11-6-3-7-16-11)14-12(15)9-4-2-5-10(9)13/h3,6-10H,2,4-5,13H2,1H3,(H,14,15)/t8-,9?,10?/m1/s1. The molecule has 2 unspecified atom stereocenters. The Morgan fingerprint density at radius 2 is 2.44 bits per heavy atom. The van der Waals surface area contributed by atoms with Crippen LogP contribution in [0.5, 0.6) is 0 Å². The fourth-order valence-electron chi connectivity index (χ4n) is 2.24. The Hall–Kier alpha value is -0.870. The first kappa shape index (κ1) is 11.6. The molecule has 1 aromatic heterocycles. The van der Waals surface area contributed by atoms with E-state index in [-0.39, 0.29) is 23.9 Å². The van der Waals surface area contributed by atoms with Crippen LogP contribution in [0.1, 0.15) is 37.1 Å². The molecule has 0 bridgehead atoms. The van der Waals surface area contributed by atoms with Crippen molar-refractivity contribution in [1.29, 1.82) is 0 Å². The molecule has 0 aliphatic heterocycles. The predicted molar refractivity (Wildman–Crippen MR) is 66.2 cm³/mol. The predicted octanol–water partition coefficient (Wildman–Crippen LogP) is 2.05. The average Bonchev–Trinajstić information content (AvgIpc) is 2.86. The second-order valence-corrected chi connectivity index (χ2v) is 5.43. The summed E-state index contributed by atoms with van der Waals surface area (Å²) in [5.74, 6) is 0.133. The van der Waals surface area contributed by atoms with Gasteiger partial charge in [0.25, 0.3) is 0 Å². The van der Waals surface area contributed by atoms with Crippen LogP contribution in [0.25, 0.3) is 0 Å². The van der Waals surface area contributed by atoms with Crippen LogP contribution in [-0.2, 0) is 4.79 Å². The Morgan fingerprint density at radius 1 is 1.62 bits per heavy atom. The topological polar surface area (TPSA) is 55.1 Å². The van der Waals surface area contributed by atoms with Gasteiger partial charge in [-0.05, 0) is 31.2 Å². The molecule has 1 aromatic rings. The van der Waals surface area contributed by atoms with Crippen molar-refractivity contribution in [2.45, 2.75) is 38.3 Å². The molecule has 88 valence electrons. The second kappa shape index (κ2) is 4.97. The van der Waals surface area contributed by atoms with Gasteiger partial charge in [-0.2, -0.15) is 0 Å². The first-order chi connectivity index (χ1) is 7.68. The number of rotatable bonds is 3. The average molecular weight is 238 g/mol. The summed E-state index contributed by atoms with van der Waals surface area (Å²) in [4.78, 5) is 13.2. The van der Waals surface area contributed by atoms with Crippen molar-refractivity contribution in [3.63, 3.8) is 0 Å². The quantitative estimate of drug-likeness (QED) is 0.847. The van der Waals surface area contributed by atoms with E-state index in [2.05, 4.69) is 5.32 Å². The van der Waals surface area contributed by atoms with Crippen LogP contribution >= 0.6 is 11.3 Å². The molecule has 4 heteroatoms. The minimum atomic E-state index is 0.0161. The lowest BCUT2D eigenvalue weighted by atomic mass is 10.0. The van der Waals surface area contributed by atoms with Gasteiger partial charge in [-0.1, -0.05) is 12.5 Å². The molecule has 3 N–H and O–H groups in total. The normalized spacial score (nSPS) is 26.6. The maximum atomic E-state index is 12.0. The Morgan fingerprint density at radius 3 is 3.00 bits per heavy atom. The summed E-state index contributed by atoms with van der Waals surface area (Å²) in [7, 11) is 0. The number of hydrogen-bond donors (Lipinski definition) is 2. The van der Waals surface area contributed by atoms with E-state index in [1.54, 1.807) is 11.3 Å². The molecule has 3 nitrogen and oxygen atoms in total. The summed E-state index contributed by atoms with van der Waals surface area (Å²) >= 11 is 1.67. The van der Waals surface area contributed by atoms with Gasteiger partial charge in [0.1, 0.15) is 0 Å². The molecule has 1 fully saturated rings. The van der Waals surface area contributed by atoms with Gasteiger partial charge in [0.05, 0.1) is 12.0 Å². The zero-order chi connectivity index (χ0) is 11.5. The van der Waals surface area contributed by atoms with Crippen LogP contribution in [0.4, 0.5) is 0 Å². The van der Waals surface area contributed by atoms with E-state index in [1.165, 1.54) is 4.88 Å². The van der Waals surface area contributed by atoms with Gasteiger partial charge in [-0.15, -0.1) is 11.3 Å². The lowest BCUT2D eigenvalue weighted by molar-refractivity contribution is -0.125. The Labute approximate surface area is 100 Å². The lowest BCUT2D eigenvalue weighted by Gasteiger charge is -2.18. The first-order valence-corrected chi connectivity index (χ1v) is 6.66. The van der Waals surface area contributed by atoms with E-state index >= 15 is 0 Å². The van der Waals surface area contributed by atoms with Crippen LogP contribution in [0.15, 0.2) is 17.5 Å². The van der Waals surface area contributed by atoms with Crippen LogP contribution in [0.3, 0.4) is 0 Å². The smallest absolute Gasteiger partial charge is 0.225 e. The number of carbonyl (C=O) groups excluding carboxylic acids is 1. The molecule has 0 aromatic carbocycles. The highest BCUT2D eigenvalue weighted by molar-refractivity contribution is 7.10. The molecular weight excluding hydrogens is 220 g/mol. The number of nitrogens with one attached hydrogen (secondary N) is 1. The summed E-state index contributed by atoms with van der Waals surface area (Å²) in [6.45, 7) is 2.02. The van der Waals surface area contributed by atoms with E-state index in [1.807, 2.05) is 24.4 Å². The molecule has 0 spiro atoms. The van der Waals surface area contributed by atoms with Crippen molar-refractivity contribution in [2.75, 3.05) is 0 Å². The summed E-state index contributed by atoms with van der Waals surface area (Å²) in [6, 6.07) is 4.20. The molecular formula is C12H18N2OS. The maximum Gasteiger partial charge on any atom is 0.225 e. The molecule has 0 saturated heterocycles. The molecule has 1 heterocycles. The minimum absolute atomic E-state index is 0.0161. The summed E-state index contributed by atoms with van der Waals surface area (Å²) in [6.07, 6.45) is 2.99. The zero-order valence-electron chi connectivity index (χ0n) is 9.48. The van der Waals surface area contributed by atoms with Crippen LogP contribution in [0.2, 0.25) is 0 Å². The number of amides is 1. The molecule has 1 aliphatic carbocycles. The zero-order valence-corrected chi connectivity index (χ0v) is 10.3. The van der Waals surface area contributed by atoms with Crippen molar-refractivity contribution >= 4 is 17.2 Å².